The van der Waals surface area contributed by atoms with Gasteiger partial charge in [-0.25, -0.2) is 0 Å². The van der Waals surface area contributed by atoms with E-state index in [9.17, 15) is 4.79 Å². The molecule has 1 aliphatic heterocycles. The lowest BCUT2D eigenvalue weighted by Gasteiger charge is -2.18. The molecule has 0 aromatic heterocycles. The molecule has 1 saturated heterocycles. The molecule has 0 spiro atoms. The molecule has 0 bridgehead atoms. The number of benzene rings is 1. The summed E-state index contributed by atoms with van der Waals surface area (Å²) in [5, 5.41) is 6.92. The zero-order valence-electron chi connectivity index (χ0n) is 9.60. The highest BCUT2D eigenvalue weighted by Crippen LogP contribution is 2.36. The topological polar surface area (TPSA) is 41.1 Å². The van der Waals surface area contributed by atoms with Crippen LogP contribution in [0.3, 0.4) is 0 Å². The molecule has 1 aromatic carbocycles. The number of carbonyl (C=O) groups is 1. The van der Waals surface area contributed by atoms with Gasteiger partial charge in [0.25, 0.3) is 0 Å². The predicted molar refractivity (Wildman–Crippen MR) is 78.4 cm³/mol. The number of halogens is 3. The van der Waals surface area contributed by atoms with Gasteiger partial charge in [0.2, 0.25) is 5.91 Å². The molecule has 2 rings (SSSR count). The fourth-order valence-corrected chi connectivity index (χ4v) is 2.73. The Morgan fingerprint density at radius 3 is 2.83 bits per heavy atom. The Hall–Kier alpha value is -0.450. The molecule has 1 aliphatic rings. The molecule has 2 N–H and O–H groups in total. The van der Waals surface area contributed by atoms with E-state index in [-0.39, 0.29) is 11.9 Å². The largest absolute Gasteiger partial charge is 0.372 e. The van der Waals surface area contributed by atoms with Gasteiger partial charge in [0.15, 0.2) is 0 Å². The summed E-state index contributed by atoms with van der Waals surface area (Å²) in [4.78, 5) is 11.8. The van der Waals surface area contributed by atoms with Crippen LogP contribution in [0.2, 0.25) is 10.0 Å². The molecular formula is C12H13BrCl2N2O. The third kappa shape index (κ3) is 3.11. The average Bonchev–Trinajstić information content (AvgIpc) is 2.56. The number of anilines is 1. The molecule has 0 radical (unpaired) electrons. The van der Waals surface area contributed by atoms with Crippen molar-refractivity contribution in [2.75, 3.05) is 11.9 Å². The first-order valence-corrected chi connectivity index (χ1v) is 7.32. The fourth-order valence-electron chi connectivity index (χ4n) is 1.90. The van der Waals surface area contributed by atoms with E-state index in [0.29, 0.717) is 15.7 Å². The van der Waals surface area contributed by atoms with Gasteiger partial charge >= 0.3 is 0 Å². The Bertz CT molecular complexity index is 468. The van der Waals surface area contributed by atoms with Crippen molar-refractivity contribution in [2.45, 2.75) is 25.3 Å². The summed E-state index contributed by atoms with van der Waals surface area (Å²) in [6, 6.07) is 3.38. The molecule has 0 aliphatic carbocycles. The number of hydrogen-bond donors (Lipinski definition) is 2. The van der Waals surface area contributed by atoms with Gasteiger partial charge < -0.3 is 10.6 Å². The molecule has 6 heteroatoms. The van der Waals surface area contributed by atoms with Crippen molar-refractivity contribution in [3.05, 3.63) is 26.7 Å². The Morgan fingerprint density at radius 1 is 1.28 bits per heavy atom. The molecule has 3 nitrogen and oxygen atoms in total. The Morgan fingerprint density at radius 2 is 2.06 bits per heavy atom. The predicted octanol–water partition coefficient (Wildman–Crippen LogP) is 3.84. The minimum atomic E-state index is -0.248. The minimum Gasteiger partial charge on any atom is -0.372 e. The van der Waals surface area contributed by atoms with Crippen molar-refractivity contribution >= 4 is 50.7 Å². The Balaban J connectivity index is 2.18. The number of nitrogens with one attached hydrogen (secondary N) is 2. The quantitative estimate of drug-likeness (QED) is 0.795. The van der Waals surface area contributed by atoms with E-state index >= 15 is 0 Å². The Kier molecular flexibility index (Phi) is 4.76. The average molecular weight is 352 g/mol. The van der Waals surface area contributed by atoms with Gasteiger partial charge in [-0.2, -0.15) is 0 Å². The highest BCUT2D eigenvalue weighted by molar-refractivity contribution is 9.10. The standard InChI is InChI=1S/C12H13BrCl2N2O/c13-7-4-5-8(11(15)10(7)14)17-9-3-1-2-6-16-12(9)18/h4-5,9,17H,1-3,6H2,(H,16,18). The maximum absolute atomic E-state index is 11.8. The lowest BCUT2D eigenvalue weighted by molar-refractivity contribution is -0.121. The van der Waals surface area contributed by atoms with Gasteiger partial charge in [0.05, 0.1) is 15.7 Å². The molecule has 1 fully saturated rings. The molecule has 0 saturated carbocycles. The molecule has 98 valence electrons. The molecule has 1 aromatic rings. The maximum Gasteiger partial charge on any atom is 0.242 e. The van der Waals surface area contributed by atoms with Crippen LogP contribution in [0, 0.1) is 0 Å². The van der Waals surface area contributed by atoms with Crippen LogP contribution in [0.1, 0.15) is 19.3 Å². The zero-order chi connectivity index (χ0) is 13.1. The molecule has 18 heavy (non-hydrogen) atoms. The maximum atomic E-state index is 11.8. The number of hydrogen-bond acceptors (Lipinski definition) is 2. The SMILES string of the molecule is O=C1NCCCCC1Nc1ccc(Br)c(Cl)c1Cl. The van der Waals surface area contributed by atoms with E-state index in [0.717, 1.165) is 30.3 Å². The fraction of sp³-hybridized carbons (Fsp3) is 0.417. The van der Waals surface area contributed by atoms with E-state index < -0.39 is 0 Å². The van der Waals surface area contributed by atoms with Crippen LogP contribution < -0.4 is 10.6 Å². The van der Waals surface area contributed by atoms with Crippen LogP contribution >= 0.6 is 39.1 Å². The minimum absolute atomic E-state index is 0.0163. The first kappa shape index (κ1) is 14.0. The van der Waals surface area contributed by atoms with Crippen molar-refractivity contribution in [2.24, 2.45) is 0 Å². The normalized spacial score (nSPS) is 20.2. The van der Waals surface area contributed by atoms with Crippen LogP contribution in [0.5, 0.6) is 0 Å². The van der Waals surface area contributed by atoms with E-state index in [1.54, 1.807) is 0 Å². The van der Waals surface area contributed by atoms with Crippen molar-refractivity contribution < 1.29 is 4.79 Å². The molecular weight excluding hydrogens is 339 g/mol. The van der Waals surface area contributed by atoms with Gasteiger partial charge in [-0.3, -0.25) is 4.79 Å². The number of carbonyl (C=O) groups excluding carboxylic acids is 1. The summed E-state index contributed by atoms with van der Waals surface area (Å²) in [6.07, 6.45) is 2.83. The lowest BCUT2D eigenvalue weighted by Crippen LogP contribution is -2.37. The van der Waals surface area contributed by atoms with E-state index in [2.05, 4.69) is 26.6 Å². The second kappa shape index (κ2) is 6.13. The molecule has 1 amide bonds. The van der Waals surface area contributed by atoms with E-state index in [1.807, 2.05) is 12.1 Å². The van der Waals surface area contributed by atoms with E-state index in [4.69, 9.17) is 23.2 Å². The monoisotopic (exact) mass is 350 g/mol. The first-order valence-electron chi connectivity index (χ1n) is 5.77. The summed E-state index contributed by atoms with van der Waals surface area (Å²) in [6.45, 7) is 0.742. The van der Waals surface area contributed by atoms with Crippen molar-refractivity contribution in [3.63, 3.8) is 0 Å². The summed E-state index contributed by atoms with van der Waals surface area (Å²) >= 11 is 15.5. The second-order valence-corrected chi connectivity index (χ2v) is 5.82. The highest BCUT2D eigenvalue weighted by Gasteiger charge is 2.21. The Labute approximate surface area is 124 Å². The molecule has 1 unspecified atom stereocenters. The van der Waals surface area contributed by atoms with Crippen LogP contribution in [-0.2, 0) is 4.79 Å². The van der Waals surface area contributed by atoms with Crippen molar-refractivity contribution in [1.29, 1.82) is 0 Å². The van der Waals surface area contributed by atoms with Gasteiger partial charge in [0.1, 0.15) is 6.04 Å². The summed E-state index contributed by atoms with van der Waals surface area (Å²) in [7, 11) is 0. The van der Waals surface area contributed by atoms with Crippen LogP contribution in [0.15, 0.2) is 16.6 Å². The van der Waals surface area contributed by atoms with Gasteiger partial charge in [-0.05, 0) is 47.3 Å². The van der Waals surface area contributed by atoms with Gasteiger partial charge in [0, 0.05) is 11.0 Å². The molecule has 1 heterocycles. The van der Waals surface area contributed by atoms with Gasteiger partial charge in [-0.1, -0.05) is 23.2 Å². The number of amides is 1. The number of rotatable bonds is 2. The lowest BCUT2D eigenvalue weighted by atomic mass is 10.1. The van der Waals surface area contributed by atoms with Gasteiger partial charge in [-0.15, -0.1) is 0 Å². The second-order valence-electron chi connectivity index (χ2n) is 4.21. The van der Waals surface area contributed by atoms with Crippen molar-refractivity contribution in [1.82, 2.24) is 5.32 Å². The van der Waals surface area contributed by atoms with Crippen LogP contribution in [0.25, 0.3) is 0 Å². The third-order valence-electron chi connectivity index (χ3n) is 2.90. The smallest absolute Gasteiger partial charge is 0.242 e. The summed E-state index contributed by atoms with van der Waals surface area (Å²) in [5.41, 5.74) is 0.687. The van der Waals surface area contributed by atoms with Crippen LogP contribution in [0.4, 0.5) is 5.69 Å². The highest BCUT2D eigenvalue weighted by atomic mass is 79.9. The van der Waals surface area contributed by atoms with Crippen molar-refractivity contribution in [3.8, 4) is 0 Å². The van der Waals surface area contributed by atoms with E-state index in [1.165, 1.54) is 0 Å². The summed E-state index contributed by atoms with van der Waals surface area (Å²) < 4.78 is 0.741. The third-order valence-corrected chi connectivity index (χ3v) is 4.67. The first-order chi connectivity index (χ1) is 8.59. The van der Waals surface area contributed by atoms with Crippen LogP contribution in [-0.4, -0.2) is 18.5 Å². The zero-order valence-corrected chi connectivity index (χ0v) is 12.7. The molecule has 1 atom stereocenters. The summed E-state index contributed by atoms with van der Waals surface area (Å²) in [5.74, 6) is 0.0163.